The molecule has 0 aliphatic carbocycles. The fourth-order valence-corrected chi connectivity index (χ4v) is 1.22. The van der Waals surface area contributed by atoms with Gasteiger partial charge in [0, 0.05) is 6.54 Å². The Labute approximate surface area is 76.2 Å². The number of rotatable bonds is 2. The van der Waals surface area contributed by atoms with Crippen molar-refractivity contribution in [3.63, 3.8) is 0 Å². The van der Waals surface area contributed by atoms with Crippen molar-refractivity contribution in [1.82, 2.24) is 0 Å². The number of carboxylic acid groups (broad SMARTS) is 1. The molecule has 0 aliphatic rings. The van der Waals surface area contributed by atoms with E-state index in [1.807, 2.05) is 6.92 Å². The van der Waals surface area contributed by atoms with Gasteiger partial charge < -0.3 is 16.6 Å². The van der Waals surface area contributed by atoms with Crippen LogP contribution in [0.15, 0.2) is 12.1 Å². The summed E-state index contributed by atoms with van der Waals surface area (Å²) >= 11 is 0. The van der Waals surface area contributed by atoms with Crippen molar-refractivity contribution in [2.45, 2.75) is 13.5 Å². The lowest BCUT2D eigenvalue weighted by atomic mass is 10.0. The molecule has 13 heavy (non-hydrogen) atoms. The van der Waals surface area contributed by atoms with Gasteiger partial charge in [0.25, 0.3) is 0 Å². The summed E-state index contributed by atoms with van der Waals surface area (Å²) < 4.78 is 0. The van der Waals surface area contributed by atoms with E-state index in [-0.39, 0.29) is 17.8 Å². The van der Waals surface area contributed by atoms with E-state index in [1.54, 1.807) is 6.07 Å². The zero-order valence-electron chi connectivity index (χ0n) is 7.37. The molecule has 0 radical (unpaired) electrons. The number of aryl methyl sites for hydroxylation is 1. The van der Waals surface area contributed by atoms with Gasteiger partial charge in [-0.25, -0.2) is 4.79 Å². The van der Waals surface area contributed by atoms with Crippen LogP contribution < -0.4 is 11.5 Å². The minimum absolute atomic E-state index is 0.125. The number of carboxylic acids is 1. The van der Waals surface area contributed by atoms with Gasteiger partial charge in [-0.15, -0.1) is 0 Å². The molecule has 4 heteroatoms. The van der Waals surface area contributed by atoms with Gasteiger partial charge >= 0.3 is 5.97 Å². The highest BCUT2D eigenvalue weighted by Gasteiger charge is 2.11. The maximum Gasteiger partial charge on any atom is 0.337 e. The predicted molar refractivity (Wildman–Crippen MR) is 50.4 cm³/mol. The molecule has 0 amide bonds. The second-order valence-corrected chi connectivity index (χ2v) is 2.89. The van der Waals surface area contributed by atoms with Gasteiger partial charge in [-0.2, -0.15) is 0 Å². The van der Waals surface area contributed by atoms with Crippen LogP contribution in [0.5, 0.6) is 0 Å². The number of anilines is 1. The Kier molecular flexibility index (Phi) is 2.53. The number of hydrogen-bond acceptors (Lipinski definition) is 3. The van der Waals surface area contributed by atoms with Crippen molar-refractivity contribution < 1.29 is 9.90 Å². The van der Waals surface area contributed by atoms with E-state index in [0.29, 0.717) is 5.56 Å². The number of hydrogen-bond donors (Lipinski definition) is 3. The van der Waals surface area contributed by atoms with Gasteiger partial charge in [-0.3, -0.25) is 0 Å². The van der Waals surface area contributed by atoms with Crippen molar-refractivity contribution in [2.75, 3.05) is 5.73 Å². The Morgan fingerprint density at radius 1 is 1.54 bits per heavy atom. The summed E-state index contributed by atoms with van der Waals surface area (Å²) in [5.74, 6) is -1.02. The minimum atomic E-state index is -1.02. The normalized spacial score (nSPS) is 10.0. The number of nitrogen functional groups attached to an aromatic ring is 1. The summed E-state index contributed by atoms with van der Waals surface area (Å²) in [5.41, 5.74) is 12.9. The van der Waals surface area contributed by atoms with E-state index in [9.17, 15) is 4.79 Å². The third kappa shape index (κ3) is 1.78. The van der Waals surface area contributed by atoms with Crippen molar-refractivity contribution in [1.29, 1.82) is 0 Å². The molecule has 5 N–H and O–H groups in total. The van der Waals surface area contributed by atoms with Crippen LogP contribution in [0.3, 0.4) is 0 Å². The molecule has 0 aromatic heterocycles. The second kappa shape index (κ2) is 3.45. The molecular formula is C9H12N2O2. The number of aromatic carboxylic acids is 1. The molecule has 0 bridgehead atoms. The van der Waals surface area contributed by atoms with Gasteiger partial charge in [-0.1, -0.05) is 6.07 Å². The molecule has 0 aliphatic heterocycles. The smallest absolute Gasteiger partial charge is 0.337 e. The molecule has 0 saturated heterocycles. The van der Waals surface area contributed by atoms with Gasteiger partial charge in [0.1, 0.15) is 0 Å². The first-order chi connectivity index (χ1) is 6.06. The van der Waals surface area contributed by atoms with Crippen LogP contribution in [0, 0.1) is 6.92 Å². The molecule has 4 nitrogen and oxygen atoms in total. The summed E-state index contributed by atoms with van der Waals surface area (Å²) in [7, 11) is 0. The van der Waals surface area contributed by atoms with Gasteiger partial charge in [-0.05, 0) is 24.1 Å². The molecule has 70 valence electrons. The maximum absolute atomic E-state index is 10.7. The van der Waals surface area contributed by atoms with Crippen LogP contribution in [0.1, 0.15) is 21.5 Å². The fraction of sp³-hybridized carbons (Fsp3) is 0.222. The lowest BCUT2D eigenvalue weighted by Gasteiger charge is -2.07. The Balaban J connectivity index is 3.35. The molecular weight excluding hydrogens is 168 g/mol. The number of nitrogens with two attached hydrogens (primary N) is 2. The molecule has 1 aromatic carbocycles. The van der Waals surface area contributed by atoms with Crippen LogP contribution in [0.25, 0.3) is 0 Å². The number of carbonyl (C=O) groups is 1. The summed E-state index contributed by atoms with van der Waals surface area (Å²) in [4.78, 5) is 10.7. The fourth-order valence-electron chi connectivity index (χ4n) is 1.22. The molecule has 0 unspecified atom stereocenters. The molecule has 1 aromatic rings. The third-order valence-corrected chi connectivity index (χ3v) is 1.86. The Bertz CT molecular complexity index is 348. The standard InChI is InChI=1S/C9H12N2O2/c1-5-2-6(4-10)8(11)7(3-5)9(12)13/h2-3H,4,10-11H2,1H3,(H,12,13). The highest BCUT2D eigenvalue weighted by atomic mass is 16.4. The zero-order chi connectivity index (χ0) is 10.0. The molecule has 0 spiro atoms. The highest BCUT2D eigenvalue weighted by molar-refractivity contribution is 5.94. The summed E-state index contributed by atoms with van der Waals surface area (Å²) in [6.45, 7) is 2.07. The molecule has 0 atom stereocenters. The van der Waals surface area contributed by atoms with Crippen LogP contribution >= 0.6 is 0 Å². The topological polar surface area (TPSA) is 89.3 Å². The minimum Gasteiger partial charge on any atom is -0.478 e. The van der Waals surface area contributed by atoms with Crippen molar-refractivity contribution >= 4 is 11.7 Å². The lowest BCUT2D eigenvalue weighted by molar-refractivity contribution is 0.0698. The second-order valence-electron chi connectivity index (χ2n) is 2.89. The molecule has 0 fully saturated rings. The summed E-state index contributed by atoms with van der Waals surface area (Å²) in [6.07, 6.45) is 0. The van der Waals surface area contributed by atoms with Gasteiger partial charge in [0.15, 0.2) is 0 Å². The first-order valence-electron chi connectivity index (χ1n) is 3.88. The SMILES string of the molecule is Cc1cc(CN)c(N)c(C(=O)O)c1. The van der Waals surface area contributed by atoms with Gasteiger partial charge in [0.2, 0.25) is 0 Å². The average Bonchev–Trinajstić information content (AvgIpc) is 2.08. The molecule has 0 saturated carbocycles. The quantitative estimate of drug-likeness (QED) is 0.585. The Morgan fingerprint density at radius 3 is 2.62 bits per heavy atom. The van der Waals surface area contributed by atoms with E-state index in [2.05, 4.69) is 0 Å². The first-order valence-corrected chi connectivity index (χ1v) is 3.88. The van der Waals surface area contributed by atoms with Crippen molar-refractivity contribution in [3.8, 4) is 0 Å². The first kappa shape index (κ1) is 9.54. The third-order valence-electron chi connectivity index (χ3n) is 1.86. The predicted octanol–water partition coefficient (Wildman–Crippen LogP) is 0.734. The summed E-state index contributed by atoms with van der Waals surface area (Å²) in [5, 5.41) is 8.79. The van der Waals surface area contributed by atoms with Crippen LogP contribution in [0.4, 0.5) is 5.69 Å². The Hall–Kier alpha value is -1.55. The highest BCUT2D eigenvalue weighted by Crippen LogP contribution is 2.19. The van der Waals surface area contributed by atoms with E-state index in [1.165, 1.54) is 6.07 Å². The van der Waals surface area contributed by atoms with Crippen LogP contribution in [-0.2, 0) is 6.54 Å². The maximum atomic E-state index is 10.7. The van der Waals surface area contributed by atoms with Crippen LogP contribution in [-0.4, -0.2) is 11.1 Å². The zero-order valence-corrected chi connectivity index (χ0v) is 7.37. The van der Waals surface area contributed by atoms with E-state index >= 15 is 0 Å². The number of benzene rings is 1. The van der Waals surface area contributed by atoms with Crippen molar-refractivity contribution in [2.24, 2.45) is 5.73 Å². The van der Waals surface area contributed by atoms with E-state index in [4.69, 9.17) is 16.6 Å². The molecule has 1 rings (SSSR count). The van der Waals surface area contributed by atoms with E-state index < -0.39 is 5.97 Å². The summed E-state index contributed by atoms with van der Waals surface area (Å²) in [6, 6.07) is 3.33. The van der Waals surface area contributed by atoms with E-state index in [0.717, 1.165) is 5.56 Å². The van der Waals surface area contributed by atoms with Crippen molar-refractivity contribution in [3.05, 3.63) is 28.8 Å². The van der Waals surface area contributed by atoms with Crippen LogP contribution in [0.2, 0.25) is 0 Å². The van der Waals surface area contributed by atoms with Gasteiger partial charge in [0.05, 0.1) is 11.3 Å². The monoisotopic (exact) mass is 180 g/mol. The molecule has 0 heterocycles. The lowest BCUT2D eigenvalue weighted by Crippen LogP contribution is -2.09. The Morgan fingerprint density at radius 2 is 2.15 bits per heavy atom. The average molecular weight is 180 g/mol. The largest absolute Gasteiger partial charge is 0.478 e.